The summed E-state index contributed by atoms with van der Waals surface area (Å²) in [5, 5.41) is 11.3. The van der Waals surface area contributed by atoms with Crippen LogP contribution in [-0.2, 0) is 0 Å². The van der Waals surface area contributed by atoms with E-state index in [0.29, 0.717) is 22.1 Å². The number of halogens is 1. The first-order valence-corrected chi connectivity index (χ1v) is 5.65. The Morgan fingerprint density at radius 3 is 2.71 bits per heavy atom. The van der Waals surface area contributed by atoms with Gasteiger partial charge in [0.05, 0.1) is 17.2 Å². The molecule has 0 aliphatic carbocycles. The standard InChI is InChI=1S/C13H6ClNOS/c14-13(16)12-10-4-2-1-3-8(10)5-9(6-15)11(12)7-17/h1-5,7H. The van der Waals surface area contributed by atoms with Crippen LogP contribution in [0.5, 0.6) is 0 Å². The van der Waals surface area contributed by atoms with Crippen LogP contribution in [0.2, 0.25) is 0 Å². The largest absolute Gasteiger partial charge is 0.276 e. The average molecular weight is 260 g/mol. The third-order valence-corrected chi connectivity index (χ3v) is 2.95. The number of carbonyl (C=O) groups is 1. The fourth-order valence-corrected chi connectivity index (χ4v) is 2.24. The van der Waals surface area contributed by atoms with E-state index in [1.807, 2.05) is 24.3 Å². The third-order valence-electron chi connectivity index (χ3n) is 2.52. The lowest BCUT2D eigenvalue weighted by atomic mass is 9.96. The van der Waals surface area contributed by atoms with E-state index in [0.717, 1.165) is 5.39 Å². The van der Waals surface area contributed by atoms with E-state index in [1.54, 1.807) is 12.1 Å². The van der Waals surface area contributed by atoms with Crippen LogP contribution >= 0.6 is 23.8 Å². The zero-order valence-corrected chi connectivity index (χ0v) is 10.2. The molecule has 0 saturated heterocycles. The number of hydrogen-bond donors (Lipinski definition) is 0. The number of thiocarbonyl (C=S) groups is 1. The van der Waals surface area contributed by atoms with Crippen molar-refractivity contribution in [3.63, 3.8) is 0 Å². The second kappa shape index (κ2) is 4.62. The van der Waals surface area contributed by atoms with Crippen molar-refractivity contribution in [1.82, 2.24) is 0 Å². The molecule has 0 radical (unpaired) electrons. The summed E-state index contributed by atoms with van der Waals surface area (Å²) >= 11 is 10.4. The second-order valence-electron chi connectivity index (χ2n) is 3.44. The minimum atomic E-state index is -0.602. The molecule has 0 fully saturated rings. The van der Waals surface area contributed by atoms with Gasteiger partial charge in [-0.2, -0.15) is 5.26 Å². The van der Waals surface area contributed by atoms with Gasteiger partial charge in [0.25, 0.3) is 5.24 Å². The number of fused-ring (bicyclic) bond motifs is 1. The van der Waals surface area contributed by atoms with E-state index in [4.69, 9.17) is 29.1 Å². The van der Waals surface area contributed by atoms with Gasteiger partial charge >= 0.3 is 0 Å². The second-order valence-corrected chi connectivity index (χ2v) is 4.02. The quantitative estimate of drug-likeness (QED) is 0.613. The van der Waals surface area contributed by atoms with Gasteiger partial charge in [-0.25, -0.2) is 0 Å². The fraction of sp³-hybridized carbons (Fsp3) is 0. The number of carbonyl (C=O) groups excluding carboxylic acids is 1. The van der Waals surface area contributed by atoms with Crippen molar-refractivity contribution in [2.75, 3.05) is 0 Å². The molecule has 2 aromatic rings. The van der Waals surface area contributed by atoms with Crippen LogP contribution in [0.3, 0.4) is 0 Å². The van der Waals surface area contributed by atoms with Gasteiger partial charge in [-0.05, 0) is 28.4 Å². The number of nitriles is 1. The van der Waals surface area contributed by atoms with E-state index in [-0.39, 0.29) is 0 Å². The Bertz CT molecular complexity index is 673. The molecule has 2 aromatic carbocycles. The summed E-state index contributed by atoms with van der Waals surface area (Å²) in [6, 6.07) is 11.0. The third kappa shape index (κ3) is 1.93. The number of benzene rings is 2. The Balaban J connectivity index is 3.02. The first kappa shape index (κ1) is 11.7. The minimum absolute atomic E-state index is 0.302. The zero-order chi connectivity index (χ0) is 12.4. The van der Waals surface area contributed by atoms with Crippen LogP contribution in [0, 0.1) is 11.3 Å². The highest BCUT2D eigenvalue weighted by atomic mass is 35.5. The van der Waals surface area contributed by atoms with Crippen molar-refractivity contribution < 1.29 is 4.79 Å². The average Bonchev–Trinajstić information content (AvgIpc) is 2.35. The normalized spacial score (nSPS) is 9.88. The van der Waals surface area contributed by atoms with Crippen LogP contribution in [0.25, 0.3) is 10.8 Å². The lowest BCUT2D eigenvalue weighted by Gasteiger charge is -2.08. The van der Waals surface area contributed by atoms with Gasteiger partial charge in [0.1, 0.15) is 0 Å². The van der Waals surface area contributed by atoms with Gasteiger partial charge in [0, 0.05) is 10.9 Å². The predicted octanol–water partition coefficient (Wildman–Crippen LogP) is 3.44. The Labute approximate surface area is 108 Å². The number of rotatable bonds is 2. The van der Waals surface area contributed by atoms with E-state index in [2.05, 4.69) is 0 Å². The predicted molar refractivity (Wildman–Crippen MR) is 71.6 cm³/mol. The Kier molecular flexibility index (Phi) is 3.19. The van der Waals surface area contributed by atoms with Crippen LogP contribution < -0.4 is 0 Å². The molecule has 2 rings (SSSR count). The molecule has 0 amide bonds. The van der Waals surface area contributed by atoms with E-state index >= 15 is 0 Å². The van der Waals surface area contributed by atoms with Crippen LogP contribution in [-0.4, -0.2) is 10.6 Å². The monoisotopic (exact) mass is 259 g/mol. The molecule has 2 nitrogen and oxygen atoms in total. The van der Waals surface area contributed by atoms with Gasteiger partial charge in [-0.15, -0.1) is 0 Å². The molecule has 0 heterocycles. The van der Waals surface area contributed by atoms with Crippen molar-refractivity contribution in [2.24, 2.45) is 0 Å². The SMILES string of the molecule is N#Cc1cc2ccccc2c(C(=O)Cl)c1C=S. The Morgan fingerprint density at radius 2 is 2.12 bits per heavy atom. The smallest absolute Gasteiger partial charge is 0.253 e. The van der Waals surface area contributed by atoms with Crippen LogP contribution in [0.15, 0.2) is 30.3 Å². The number of nitrogens with zero attached hydrogens (tertiary/aromatic N) is 1. The molecule has 17 heavy (non-hydrogen) atoms. The first-order chi connectivity index (χ1) is 8.19. The molecule has 0 aliphatic rings. The van der Waals surface area contributed by atoms with Crippen molar-refractivity contribution >= 4 is 45.2 Å². The highest BCUT2D eigenvalue weighted by Gasteiger charge is 2.16. The minimum Gasteiger partial charge on any atom is -0.276 e. The van der Waals surface area contributed by atoms with Crippen molar-refractivity contribution in [2.45, 2.75) is 0 Å². The summed E-state index contributed by atoms with van der Waals surface area (Å²) in [5.74, 6) is 0. The summed E-state index contributed by atoms with van der Waals surface area (Å²) in [6.07, 6.45) is 0. The molecule has 4 heteroatoms. The summed E-state index contributed by atoms with van der Waals surface area (Å²) in [6.45, 7) is 0. The number of hydrogen-bond acceptors (Lipinski definition) is 3. The highest BCUT2D eigenvalue weighted by molar-refractivity contribution is 7.79. The molecule has 0 aliphatic heterocycles. The van der Waals surface area contributed by atoms with Crippen molar-refractivity contribution in [3.05, 3.63) is 47.0 Å². The van der Waals surface area contributed by atoms with Gasteiger partial charge in [-0.3, -0.25) is 4.79 Å². The molecule has 82 valence electrons. The van der Waals surface area contributed by atoms with Crippen LogP contribution in [0.1, 0.15) is 21.5 Å². The summed E-state index contributed by atoms with van der Waals surface area (Å²) < 4.78 is 0. The Hall–Kier alpha value is -1.76. The lowest BCUT2D eigenvalue weighted by Crippen LogP contribution is -2.01. The summed E-state index contributed by atoms with van der Waals surface area (Å²) in [4.78, 5) is 11.5. The molecule has 0 aromatic heterocycles. The highest BCUT2D eigenvalue weighted by Crippen LogP contribution is 2.26. The van der Waals surface area contributed by atoms with Gasteiger partial charge in [-0.1, -0.05) is 36.5 Å². The Morgan fingerprint density at radius 1 is 1.41 bits per heavy atom. The molecule has 0 N–H and O–H groups in total. The molecular formula is C13H6ClNOS. The molecule has 0 bridgehead atoms. The van der Waals surface area contributed by atoms with Crippen molar-refractivity contribution in [1.29, 1.82) is 5.26 Å². The maximum atomic E-state index is 11.5. The molecule has 0 atom stereocenters. The van der Waals surface area contributed by atoms with Gasteiger partial charge in [0.15, 0.2) is 0 Å². The molecule has 0 spiro atoms. The van der Waals surface area contributed by atoms with E-state index < -0.39 is 5.24 Å². The molecule has 0 unspecified atom stereocenters. The summed E-state index contributed by atoms with van der Waals surface area (Å²) in [7, 11) is 0. The lowest BCUT2D eigenvalue weighted by molar-refractivity contribution is 0.108. The maximum Gasteiger partial charge on any atom is 0.253 e. The van der Waals surface area contributed by atoms with E-state index in [1.165, 1.54) is 5.37 Å². The first-order valence-electron chi connectivity index (χ1n) is 4.80. The van der Waals surface area contributed by atoms with Gasteiger partial charge in [0.2, 0.25) is 0 Å². The van der Waals surface area contributed by atoms with Crippen molar-refractivity contribution in [3.8, 4) is 6.07 Å². The van der Waals surface area contributed by atoms with E-state index in [9.17, 15) is 4.79 Å². The topological polar surface area (TPSA) is 40.9 Å². The molecular weight excluding hydrogens is 254 g/mol. The zero-order valence-electron chi connectivity index (χ0n) is 8.61. The van der Waals surface area contributed by atoms with Gasteiger partial charge < -0.3 is 0 Å². The fourth-order valence-electron chi connectivity index (χ4n) is 1.79. The molecule has 0 saturated carbocycles. The maximum absolute atomic E-state index is 11.5. The summed E-state index contributed by atoms with van der Waals surface area (Å²) in [5.41, 5.74) is 1.08. The van der Waals surface area contributed by atoms with Crippen LogP contribution in [0.4, 0.5) is 0 Å².